The number of ether oxygens (including phenoxy) is 2. The van der Waals surface area contributed by atoms with E-state index < -0.39 is 5.97 Å². The van der Waals surface area contributed by atoms with E-state index in [0.29, 0.717) is 17.3 Å². The molecule has 0 unspecified atom stereocenters. The number of carbonyl (C=O) groups is 1. The highest BCUT2D eigenvalue weighted by atomic mass is 16.5. The Balaban J connectivity index is 2.04. The first-order valence-electron chi connectivity index (χ1n) is 7.32. The molecule has 0 amide bonds. The molecule has 124 valence electrons. The smallest absolute Gasteiger partial charge is 0.357 e. The first-order valence-corrected chi connectivity index (χ1v) is 7.32. The van der Waals surface area contributed by atoms with E-state index in [1.165, 1.54) is 17.9 Å². The molecule has 0 aliphatic carbocycles. The van der Waals surface area contributed by atoms with Gasteiger partial charge >= 0.3 is 5.97 Å². The van der Waals surface area contributed by atoms with E-state index in [1.807, 2.05) is 12.1 Å². The van der Waals surface area contributed by atoms with Gasteiger partial charge in [-0.25, -0.2) is 9.78 Å². The highest BCUT2D eigenvalue weighted by Gasteiger charge is 2.21. The SMILES string of the molecule is COC(=O)c1c(N)c(C#N)cn1-c1cccc(Oc2ccccn2)c1. The lowest BCUT2D eigenvalue weighted by atomic mass is 10.2. The van der Waals surface area contributed by atoms with Crippen LogP contribution in [0, 0.1) is 11.3 Å². The molecule has 3 rings (SSSR count). The number of carbonyl (C=O) groups excluding carboxylic acids is 1. The summed E-state index contributed by atoms with van der Waals surface area (Å²) in [6, 6.07) is 14.3. The van der Waals surface area contributed by atoms with Crippen molar-refractivity contribution < 1.29 is 14.3 Å². The molecular formula is C18H14N4O3. The monoisotopic (exact) mass is 334 g/mol. The molecule has 3 aromatic rings. The molecule has 0 radical (unpaired) electrons. The topological polar surface area (TPSA) is 103 Å². The fourth-order valence-electron chi connectivity index (χ4n) is 2.34. The zero-order chi connectivity index (χ0) is 17.8. The Labute approximate surface area is 143 Å². The molecule has 0 aliphatic heterocycles. The summed E-state index contributed by atoms with van der Waals surface area (Å²) in [5.41, 5.74) is 6.86. The average Bonchev–Trinajstić information content (AvgIpc) is 2.98. The highest BCUT2D eigenvalue weighted by molar-refractivity contribution is 5.95. The summed E-state index contributed by atoms with van der Waals surface area (Å²) in [6.07, 6.45) is 3.11. The summed E-state index contributed by atoms with van der Waals surface area (Å²) in [5.74, 6) is 0.338. The molecule has 0 aliphatic rings. The molecule has 25 heavy (non-hydrogen) atoms. The third-order valence-electron chi connectivity index (χ3n) is 3.50. The minimum Gasteiger partial charge on any atom is -0.464 e. The number of pyridine rings is 1. The van der Waals surface area contributed by atoms with Crippen LogP contribution < -0.4 is 10.5 Å². The minimum absolute atomic E-state index is 0.0744. The van der Waals surface area contributed by atoms with Gasteiger partial charge in [-0.1, -0.05) is 12.1 Å². The third-order valence-corrected chi connectivity index (χ3v) is 3.50. The quantitative estimate of drug-likeness (QED) is 0.736. The normalized spacial score (nSPS) is 10.1. The van der Waals surface area contributed by atoms with Gasteiger partial charge in [-0.2, -0.15) is 5.26 Å². The predicted molar refractivity (Wildman–Crippen MR) is 90.5 cm³/mol. The number of aromatic nitrogens is 2. The van der Waals surface area contributed by atoms with E-state index in [4.69, 9.17) is 15.2 Å². The molecule has 0 saturated carbocycles. The number of nitrogen functional groups attached to an aromatic ring is 1. The molecule has 2 heterocycles. The summed E-state index contributed by atoms with van der Waals surface area (Å²) >= 11 is 0. The molecule has 0 bridgehead atoms. The van der Waals surface area contributed by atoms with E-state index in [2.05, 4.69) is 4.98 Å². The molecule has 0 spiro atoms. The van der Waals surface area contributed by atoms with E-state index in [1.54, 1.807) is 42.6 Å². The van der Waals surface area contributed by atoms with E-state index in [9.17, 15) is 10.1 Å². The molecule has 1 aromatic carbocycles. The maximum Gasteiger partial charge on any atom is 0.357 e. The maximum absolute atomic E-state index is 12.1. The first-order chi connectivity index (χ1) is 12.1. The summed E-state index contributed by atoms with van der Waals surface area (Å²) in [7, 11) is 1.26. The molecule has 7 heteroatoms. The Hall–Kier alpha value is -3.79. The number of esters is 1. The summed E-state index contributed by atoms with van der Waals surface area (Å²) in [4.78, 5) is 16.2. The van der Waals surface area contributed by atoms with Crippen molar-refractivity contribution in [2.45, 2.75) is 0 Å². The van der Waals surface area contributed by atoms with Crippen LogP contribution in [0.3, 0.4) is 0 Å². The number of benzene rings is 1. The van der Waals surface area contributed by atoms with Crippen molar-refractivity contribution in [2.24, 2.45) is 0 Å². The molecule has 7 nitrogen and oxygen atoms in total. The van der Waals surface area contributed by atoms with Gasteiger partial charge in [-0.15, -0.1) is 0 Å². The van der Waals surface area contributed by atoms with Gasteiger partial charge in [0.1, 0.15) is 11.8 Å². The van der Waals surface area contributed by atoms with Gasteiger partial charge in [-0.05, 0) is 18.2 Å². The summed E-state index contributed by atoms with van der Waals surface area (Å²) < 4.78 is 12.0. The number of nitrogens with two attached hydrogens (primary N) is 1. The van der Waals surface area contributed by atoms with Crippen LogP contribution in [-0.2, 0) is 4.74 Å². The molecule has 2 N–H and O–H groups in total. The van der Waals surface area contributed by atoms with Gasteiger partial charge in [0.05, 0.1) is 18.4 Å². The number of anilines is 1. The average molecular weight is 334 g/mol. The second-order valence-corrected chi connectivity index (χ2v) is 5.05. The Morgan fingerprint density at radius 3 is 2.80 bits per heavy atom. The molecule has 0 fully saturated rings. The van der Waals surface area contributed by atoms with Gasteiger partial charge in [0.25, 0.3) is 0 Å². The predicted octanol–water partition coefficient (Wildman–Crippen LogP) is 2.91. The van der Waals surface area contributed by atoms with Crippen LogP contribution in [0.4, 0.5) is 5.69 Å². The summed E-state index contributed by atoms with van der Waals surface area (Å²) in [5, 5.41) is 9.18. The summed E-state index contributed by atoms with van der Waals surface area (Å²) in [6.45, 7) is 0. The maximum atomic E-state index is 12.1. The fourth-order valence-corrected chi connectivity index (χ4v) is 2.34. The van der Waals surface area contributed by atoms with Crippen molar-refractivity contribution in [1.82, 2.24) is 9.55 Å². The van der Waals surface area contributed by atoms with Crippen LogP contribution in [0.15, 0.2) is 54.9 Å². The van der Waals surface area contributed by atoms with Gasteiger partial charge in [0.15, 0.2) is 5.69 Å². The van der Waals surface area contributed by atoms with Crippen molar-refractivity contribution in [3.8, 4) is 23.4 Å². The van der Waals surface area contributed by atoms with Crippen molar-refractivity contribution in [1.29, 1.82) is 5.26 Å². The van der Waals surface area contributed by atoms with E-state index >= 15 is 0 Å². The Morgan fingerprint density at radius 1 is 1.28 bits per heavy atom. The van der Waals surface area contributed by atoms with Gasteiger partial charge in [-0.3, -0.25) is 0 Å². The lowest BCUT2D eigenvalue weighted by Gasteiger charge is -2.10. The number of nitriles is 1. The van der Waals surface area contributed by atoms with Crippen LogP contribution in [0.2, 0.25) is 0 Å². The molecule has 2 aromatic heterocycles. The van der Waals surface area contributed by atoms with Gasteiger partial charge in [0, 0.05) is 30.2 Å². The second kappa shape index (κ2) is 6.76. The fraction of sp³-hybridized carbons (Fsp3) is 0.0556. The number of nitrogens with zero attached hydrogens (tertiary/aromatic N) is 3. The molecule has 0 saturated heterocycles. The largest absolute Gasteiger partial charge is 0.464 e. The zero-order valence-electron chi connectivity index (χ0n) is 13.3. The highest BCUT2D eigenvalue weighted by Crippen LogP contribution is 2.27. The number of rotatable bonds is 4. The number of hydrogen-bond donors (Lipinski definition) is 1. The van der Waals surface area contributed by atoms with Crippen LogP contribution in [0.1, 0.15) is 16.1 Å². The van der Waals surface area contributed by atoms with Crippen molar-refractivity contribution in [3.05, 3.63) is 66.1 Å². The zero-order valence-corrected chi connectivity index (χ0v) is 13.3. The Kier molecular flexibility index (Phi) is 4.35. The van der Waals surface area contributed by atoms with E-state index in [-0.39, 0.29) is 16.9 Å². The molecular weight excluding hydrogens is 320 g/mol. The van der Waals surface area contributed by atoms with Crippen LogP contribution in [0.5, 0.6) is 11.6 Å². The molecule has 0 atom stereocenters. The van der Waals surface area contributed by atoms with Crippen LogP contribution in [-0.4, -0.2) is 22.6 Å². The van der Waals surface area contributed by atoms with Crippen molar-refractivity contribution in [3.63, 3.8) is 0 Å². The first kappa shape index (κ1) is 16.1. The standard InChI is InChI=1S/C18H14N4O3/c1-24-18(23)17-16(20)12(10-19)11-22(17)13-5-4-6-14(9-13)25-15-7-2-3-8-21-15/h2-9,11H,20H2,1H3. The second-order valence-electron chi connectivity index (χ2n) is 5.05. The van der Waals surface area contributed by atoms with Crippen LogP contribution >= 0.6 is 0 Å². The van der Waals surface area contributed by atoms with Gasteiger partial charge in [0.2, 0.25) is 5.88 Å². The Bertz CT molecular complexity index is 958. The van der Waals surface area contributed by atoms with Crippen molar-refractivity contribution in [2.75, 3.05) is 12.8 Å². The minimum atomic E-state index is -0.630. The van der Waals surface area contributed by atoms with Crippen LogP contribution in [0.25, 0.3) is 5.69 Å². The number of hydrogen-bond acceptors (Lipinski definition) is 6. The lowest BCUT2D eigenvalue weighted by Crippen LogP contribution is -2.11. The van der Waals surface area contributed by atoms with Crippen molar-refractivity contribution >= 4 is 11.7 Å². The Morgan fingerprint density at radius 2 is 2.12 bits per heavy atom. The lowest BCUT2D eigenvalue weighted by molar-refractivity contribution is 0.0593. The van der Waals surface area contributed by atoms with E-state index in [0.717, 1.165) is 0 Å². The third kappa shape index (κ3) is 3.14. The van der Waals surface area contributed by atoms with Gasteiger partial charge < -0.3 is 19.8 Å². The number of methoxy groups -OCH3 is 1.